The molecule has 0 aliphatic heterocycles. The second kappa shape index (κ2) is 4.76. The summed E-state index contributed by atoms with van der Waals surface area (Å²) in [5.41, 5.74) is 9.86. The SMILES string of the molecule is CCCc1c(N)ncnc1NN(C)C. The highest BCUT2D eigenvalue weighted by atomic mass is 15.5. The van der Waals surface area contributed by atoms with Crippen LogP contribution in [0.15, 0.2) is 6.33 Å². The van der Waals surface area contributed by atoms with Crippen molar-refractivity contribution in [3.63, 3.8) is 0 Å². The van der Waals surface area contributed by atoms with E-state index in [-0.39, 0.29) is 0 Å². The van der Waals surface area contributed by atoms with Gasteiger partial charge in [-0.25, -0.2) is 15.0 Å². The minimum atomic E-state index is 0.561. The summed E-state index contributed by atoms with van der Waals surface area (Å²) in [7, 11) is 3.82. The minimum absolute atomic E-state index is 0.561. The van der Waals surface area contributed by atoms with Gasteiger partial charge in [0.25, 0.3) is 0 Å². The van der Waals surface area contributed by atoms with Gasteiger partial charge < -0.3 is 11.2 Å². The Morgan fingerprint density at radius 2 is 2.14 bits per heavy atom. The first-order chi connectivity index (χ1) is 6.65. The molecule has 0 aliphatic rings. The van der Waals surface area contributed by atoms with E-state index in [1.807, 2.05) is 19.1 Å². The summed E-state index contributed by atoms with van der Waals surface area (Å²) in [6.45, 7) is 2.10. The molecular weight excluding hydrogens is 178 g/mol. The molecule has 78 valence electrons. The molecule has 0 bridgehead atoms. The number of aromatic nitrogens is 2. The van der Waals surface area contributed by atoms with Crippen molar-refractivity contribution in [1.82, 2.24) is 15.0 Å². The fourth-order valence-electron chi connectivity index (χ4n) is 1.23. The van der Waals surface area contributed by atoms with Crippen molar-refractivity contribution < 1.29 is 0 Å². The van der Waals surface area contributed by atoms with E-state index in [2.05, 4.69) is 22.3 Å². The monoisotopic (exact) mass is 195 g/mol. The second-order valence-corrected chi connectivity index (χ2v) is 3.34. The highest BCUT2D eigenvalue weighted by Gasteiger charge is 2.07. The molecule has 1 heterocycles. The molecular formula is C9H17N5. The molecule has 0 amide bonds. The van der Waals surface area contributed by atoms with Crippen molar-refractivity contribution in [2.75, 3.05) is 25.3 Å². The van der Waals surface area contributed by atoms with E-state index < -0.39 is 0 Å². The lowest BCUT2D eigenvalue weighted by Crippen LogP contribution is -2.22. The molecule has 0 unspecified atom stereocenters. The largest absolute Gasteiger partial charge is 0.383 e. The maximum absolute atomic E-state index is 5.77. The van der Waals surface area contributed by atoms with Gasteiger partial charge in [0.05, 0.1) is 0 Å². The number of hydrogen-bond donors (Lipinski definition) is 2. The zero-order valence-corrected chi connectivity index (χ0v) is 8.91. The predicted molar refractivity (Wildman–Crippen MR) is 57.7 cm³/mol. The molecule has 0 aliphatic carbocycles. The van der Waals surface area contributed by atoms with Crippen LogP contribution in [0.5, 0.6) is 0 Å². The molecule has 0 fully saturated rings. The maximum atomic E-state index is 5.77. The van der Waals surface area contributed by atoms with Crippen LogP contribution in [0.25, 0.3) is 0 Å². The van der Waals surface area contributed by atoms with Crippen LogP contribution in [-0.2, 0) is 6.42 Å². The lowest BCUT2D eigenvalue weighted by molar-refractivity contribution is 0.491. The van der Waals surface area contributed by atoms with E-state index in [0.29, 0.717) is 5.82 Å². The Bertz CT molecular complexity index is 297. The summed E-state index contributed by atoms with van der Waals surface area (Å²) >= 11 is 0. The molecule has 0 radical (unpaired) electrons. The average Bonchev–Trinajstić information content (AvgIpc) is 2.10. The van der Waals surface area contributed by atoms with Crippen LogP contribution in [0.1, 0.15) is 18.9 Å². The van der Waals surface area contributed by atoms with Gasteiger partial charge in [-0.3, -0.25) is 0 Å². The second-order valence-electron chi connectivity index (χ2n) is 3.34. The lowest BCUT2D eigenvalue weighted by Gasteiger charge is -2.16. The number of anilines is 2. The Labute approximate surface area is 84.3 Å². The van der Waals surface area contributed by atoms with Crippen molar-refractivity contribution in [2.45, 2.75) is 19.8 Å². The highest BCUT2D eigenvalue weighted by Crippen LogP contribution is 2.18. The number of nitrogen functional groups attached to an aromatic ring is 1. The van der Waals surface area contributed by atoms with Crippen LogP contribution in [0.4, 0.5) is 11.6 Å². The van der Waals surface area contributed by atoms with Gasteiger partial charge in [-0.05, 0) is 6.42 Å². The summed E-state index contributed by atoms with van der Waals surface area (Å²) < 4.78 is 0. The number of nitrogens with zero attached hydrogens (tertiary/aromatic N) is 3. The first-order valence-corrected chi connectivity index (χ1v) is 4.68. The summed E-state index contributed by atoms with van der Waals surface area (Å²) in [5.74, 6) is 1.36. The third-order valence-corrected chi connectivity index (χ3v) is 1.81. The Morgan fingerprint density at radius 1 is 1.43 bits per heavy atom. The topological polar surface area (TPSA) is 67.1 Å². The van der Waals surface area contributed by atoms with Crippen molar-refractivity contribution >= 4 is 11.6 Å². The van der Waals surface area contributed by atoms with Gasteiger partial charge in [-0.1, -0.05) is 13.3 Å². The molecule has 14 heavy (non-hydrogen) atoms. The summed E-state index contributed by atoms with van der Waals surface area (Å²) in [5, 5.41) is 1.83. The summed E-state index contributed by atoms with van der Waals surface area (Å²) in [6.07, 6.45) is 3.39. The molecule has 1 aromatic rings. The molecule has 5 heteroatoms. The van der Waals surface area contributed by atoms with Crippen molar-refractivity contribution in [3.8, 4) is 0 Å². The smallest absolute Gasteiger partial charge is 0.149 e. The van der Waals surface area contributed by atoms with Crippen LogP contribution in [-0.4, -0.2) is 29.1 Å². The highest BCUT2D eigenvalue weighted by molar-refractivity contribution is 5.54. The quantitative estimate of drug-likeness (QED) is 0.699. The molecule has 0 saturated carbocycles. The first-order valence-electron chi connectivity index (χ1n) is 4.68. The van der Waals surface area contributed by atoms with Gasteiger partial charge in [-0.2, -0.15) is 0 Å². The molecule has 0 atom stereocenters. The molecule has 0 spiro atoms. The van der Waals surface area contributed by atoms with E-state index in [4.69, 9.17) is 5.73 Å². The van der Waals surface area contributed by atoms with Crippen LogP contribution < -0.4 is 11.2 Å². The third kappa shape index (κ3) is 2.56. The van der Waals surface area contributed by atoms with Gasteiger partial charge in [0, 0.05) is 19.7 Å². The third-order valence-electron chi connectivity index (χ3n) is 1.81. The fraction of sp³-hybridized carbons (Fsp3) is 0.556. The molecule has 0 saturated heterocycles. The lowest BCUT2D eigenvalue weighted by atomic mass is 10.1. The normalized spacial score (nSPS) is 10.6. The number of nitrogens with one attached hydrogen (secondary N) is 1. The number of hydrazine groups is 1. The van der Waals surface area contributed by atoms with Crippen molar-refractivity contribution in [2.24, 2.45) is 0 Å². The number of hydrogen-bond acceptors (Lipinski definition) is 5. The number of nitrogens with two attached hydrogens (primary N) is 1. The zero-order chi connectivity index (χ0) is 10.6. The Kier molecular flexibility index (Phi) is 3.64. The Balaban J connectivity index is 2.95. The average molecular weight is 195 g/mol. The summed E-state index contributed by atoms with van der Waals surface area (Å²) in [4.78, 5) is 8.13. The van der Waals surface area contributed by atoms with Crippen molar-refractivity contribution in [3.05, 3.63) is 11.9 Å². The van der Waals surface area contributed by atoms with E-state index in [1.165, 1.54) is 6.33 Å². The predicted octanol–water partition coefficient (Wildman–Crippen LogP) is 0.900. The van der Waals surface area contributed by atoms with Gasteiger partial charge in [0.1, 0.15) is 18.0 Å². The molecule has 3 N–H and O–H groups in total. The molecule has 1 aromatic heterocycles. The summed E-state index contributed by atoms with van der Waals surface area (Å²) in [6, 6.07) is 0. The zero-order valence-electron chi connectivity index (χ0n) is 8.91. The first kappa shape index (κ1) is 10.7. The van der Waals surface area contributed by atoms with Crippen LogP contribution >= 0.6 is 0 Å². The van der Waals surface area contributed by atoms with E-state index >= 15 is 0 Å². The van der Waals surface area contributed by atoms with Crippen molar-refractivity contribution in [1.29, 1.82) is 0 Å². The van der Waals surface area contributed by atoms with Gasteiger partial charge >= 0.3 is 0 Å². The molecule has 1 rings (SSSR count). The Hall–Kier alpha value is -1.36. The van der Waals surface area contributed by atoms with E-state index in [0.717, 1.165) is 24.2 Å². The maximum Gasteiger partial charge on any atom is 0.149 e. The van der Waals surface area contributed by atoms with Gasteiger partial charge in [-0.15, -0.1) is 0 Å². The standard InChI is InChI=1S/C9H17N5/c1-4-5-7-8(10)11-6-12-9(7)13-14(2)3/h6H,4-5H2,1-3H3,(H3,10,11,12,13). The van der Waals surface area contributed by atoms with Crippen LogP contribution in [0.3, 0.4) is 0 Å². The van der Waals surface area contributed by atoms with Crippen LogP contribution in [0, 0.1) is 0 Å². The molecule has 5 nitrogen and oxygen atoms in total. The van der Waals surface area contributed by atoms with E-state index in [9.17, 15) is 0 Å². The van der Waals surface area contributed by atoms with E-state index in [1.54, 1.807) is 0 Å². The number of rotatable bonds is 4. The minimum Gasteiger partial charge on any atom is -0.383 e. The van der Waals surface area contributed by atoms with Crippen LogP contribution in [0.2, 0.25) is 0 Å². The molecule has 0 aromatic carbocycles. The van der Waals surface area contributed by atoms with Gasteiger partial charge in [0.15, 0.2) is 0 Å². The fourth-order valence-corrected chi connectivity index (χ4v) is 1.23. The Morgan fingerprint density at radius 3 is 2.71 bits per heavy atom. The van der Waals surface area contributed by atoms with Gasteiger partial charge in [0.2, 0.25) is 0 Å².